The number of fused-ring (bicyclic) bond motifs is 1. The minimum Gasteiger partial charge on any atom is -0.490 e. The van der Waals surface area contributed by atoms with Crippen LogP contribution in [-0.2, 0) is 5.54 Å². The molecule has 2 aliphatic rings. The quantitative estimate of drug-likeness (QED) is 0.829. The summed E-state index contributed by atoms with van der Waals surface area (Å²) in [6.07, 6.45) is 6.75. The smallest absolute Gasteiger partial charge is 0.166 e. The molecule has 0 atom stereocenters. The number of para-hydroxylation sites is 1. The van der Waals surface area contributed by atoms with Crippen LogP contribution >= 0.6 is 0 Å². The van der Waals surface area contributed by atoms with E-state index in [2.05, 4.69) is 6.07 Å². The van der Waals surface area contributed by atoms with Gasteiger partial charge in [0.1, 0.15) is 0 Å². The van der Waals surface area contributed by atoms with Gasteiger partial charge in [-0.2, -0.15) is 0 Å². The number of ether oxygens (including phenoxy) is 2. The van der Waals surface area contributed by atoms with Gasteiger partial charge in [-0.05, 0) is 18.9 Å². The normalized spacial score (nSPS) is 22.3. The van der Waals surface area contributed by atoms with Gasteiger partial charge in [0.05, 0.1) is 13.2 Å². The standard InChI is InChI=1S/C15H21NO2/c16-15(8-2-1-3-9-15)12-6-4-7-13-14(12)18-11-5-10-17-13/h4,6-7H,1-3,5,8-11,16H2. The Bertz CT molecular complexity index is 425. The molecule has 1 fully saturated rings. The highest BCUT2D eigenvalue weighted by molar-refractivity contribution is 5.50. The van der Waals surface area contributed by atoms with Crippen LogP contribution in [0.2, 0.25) is 0 Å². The molecular formula is C15H21NO2. The van der Waals surface area contributed by atoms with Gasteiger partial charge < -0.3 is 15.2 Å². The van der Waals surface area contributed by atoms with E-state index in [1.807, 2.05) is 12.1 Å². The van der Waals surface area contributed by atoms with E-state index in [1.54, 1.807) is 0 Å². The summed E-state index contributed by atoms with van der Waals surface area (Å²) in [7, 11) is 0. The third kappa shape index (κ3) is 2.07. The third-order valence-corrected chi connectivity index (χ3v) is 4.05. The van der Waals surface area contributed by atoms with E-state index >= 15 is 0 Å². The zero-order chi connectivity index (χ0) is 12.4. The van der Waals surface area contributed by atoms with Gasteiger partial charge in [0.15, 0.2) is 11.5 Å². The van der Waals surface area contributed by atoms with Crippen molar-refractivity contribution in [1.29, 1.82) is 0 Å². The lowest BCUT2D eigenvalue weighted by Gasteiger charge is -2.35. The molecule has 3 nitrogen and oxygen atoms in total. The molecule has 1 aromatic rings. The zero-order valence-corrected chi connectivity index (χ0v) is 10.8. The van der Waals surface area contributed by atoms with Crippen molar-refractivity contribution in [2.24, 2.45) is 5.73 Å². The first kappa shape index (κ1) is 11.8. The summed E-state index contributed by atoms with van der Waals surface area (Å²) in [5, 5.41) is 0. The maximum atomic E-state index is 6.62. The highest BCUT2D eigenvalue weighted by Crippen LogP contribution is 2.43. The number of nitrogens with two attached hydrogens (primary N) is 1. The maximum Gasteiger partial charge on any atom is 0.166 e. The minimum atomic E-state index is -0.225. The fraction of sp³-hybridized carbons (Fsp3) is 0.600. The molecule has 3 rings (SSSR count). The average Bonchev–Trinajstić information content (AvgIpc) is 2.64. The molecule has 1 heterocycles. The van der Waals surface area contributed by atoms with Gasteiger partial charge in [-0.1, -0.05) is 31.4 Å². The first-order chi connectivity index (χ1) is 8.80. The molecule has 1 aliphatic carbocycles. The van der Waals surface area contributed by atoms with E-state index in [9.17, 15) is 0 Å². The lowest BCUT2D eigenvalue weighted by atomic mass is 9.77. The van der Waals surface area contributed by atoms with Crippen molar-refractivity contribution in [3.8, 4) is 11.5 Å². The summed E-state index contributed by atoms with van der Waals surface area (Å²) in [6, 6.07) is 6.13. The first-order valence-electron chi connectivity index (χ1n) is 6.98. The molecule has 0 radical (unpaired) electrons. The Morgan fingerprint density at radius 3 is 2.56 bits per heavy atom. The van der Waals surface area contributed by atoms with E-state index in [1.165, 1.54) is 19.3 Å². The zero-order valence-electron chi connectivity index (χ0n) is 10.8. The highest BCUT2D eigenvalue weighted by Gasteiger charge is 2.33. The second-order valence-electron chi connectivity index (χ2n) is 5.40. The van der Waals surface area contributed by atoms with Crippen molar-refractivity contribution in [2.75, 3.05) is 13.2 Å². The third-order valence-electron chi connectivity index (χ3n) is 4.05. The number of hydrogen-bond donors (Lipinski definition) is 1. The Labute approximate surface area is 108 Å². The van der Waals surface area contributed by atoms with Crippen molar-refractivity contribution >= 4 is 0 Å². The van der Waals surface area contributed by atoms with Crippen LogP contribution in [0.25, 0.3) is 0 Å². The van der Waals surface area contributed by atoms with E-state index in [0.717, 1.165) is 49.5 Å². The summed E-state index contributed by atoms with van der Waals surface area (Å²) in [6.45, 7) is 1.45. The number of hydrogen-bond acceptors (Lipinski definition) is 3. The van der Waals surface area contributed by atoms with Gasteiger partial charge >= 0.3 is 0 Å². The molecular weight excluding hydrogens is 226 g/mol. The minimum absolute atomic E-state index is 0.225. The van der Waals surface area contributed by atoms with Crippen molar-refractivity contribution in [2.45, 2.75) is 44.1 Å². The summed E-state index contributed by atoms with van der Waals surface area (Å²) < 4.78 is 11.6. The molecule has 18 heavy (non-hydrogen) atoms. The molecule has 3 heteroatoms. The molecule has 1 saturated carbocycles. The number of rotatable bonds is 1. The van der Waals surface area contributed by atoms with E-state index in [4.69, 9.17) is 15.2 Å². The van der Waals surface area contributed by atoms with Gasteiger partial charge in [0, 0.05) is 17.5 Å². The van der Waals surface area contributed by atoms with Crippen molar-refractivity contribution < 1.29 is 9.47 Å². The predicted molar refractivity (Wildman–Crippen MR) is 71.0 cm³/mol. The molecule has 1 aromatic carbocycles. The molecule has 1 aliphatic heterocycles. The van der Waals surface area contributed by atoms with E-state index in [0.29, 0.717) is 0 Å². The lowest BCUT2D eigenvalue weighted by molar-refractivity contribution is 0.272. The summed E-state index contributed by atoms with van der Waals surface area (Å²) in [5.74, 6) is 1.75. The van der Waals surface area contributed by atoms with Gasteiger partial charge in [0.25, 0.3) is 0 Å². The van der Waals surface area contributed by atoms with Gasteiger partial charge in [-0.25, -0.2) is 0 Å². The fourth-order valence-corrected chi connectivity index (χ4v) is 3.04. The Morgan fingerprint density at radius 2 is 1.72 bits per heavy atom. The summed E-state index contributed by atoms with van der Waals surface area (Å²) in [5.41, 5.74) is 7.54. The molecule has 0 unspecified atom stereocenters. The lowest BCUT2D eigenvalue weighted by Crippen LogP contribution is -2.39. The molecule has 0 aromatic heterocycles. The van der Waals surface area contributed by atoms with E-state index in [-0.39, 0.29) is 5.54 Å². The second kappa shape index (κ2) is 4.81. The summed E-state index contributed by atoms with van der Waals surface area (Å²) >= 11 is 0. The topological polar surface area (TPSA) is 44.5 Å². The fourth-order valence-electron chi connectivity index (χ4n) is 3.04. The molecule has 0 amide bonds. The van der Waals surface area contributed by atoms with Crippen LogP contribution in [0.3, 0.4) is 0 Å². The SMILES string of the molecule is NC1(c2cccc3c2OCCCO3)CCCCC1. The second-order valence-corrected chi connectivity index (χ2v) is 5.40. The monoisotopic (exact) mass is 247 g/mol. The van der Waals surface area contributed by atoms with Crippen LogP contribution < -0.4 is 15.2 Å². The van der Waals surface area contributed by atoms with Crippen LogP contribution in [0.1, 0.15) is 44.1 Å². The van der Waals surface area contributed by atoms with Crippen molar-refractivity contribution in [3.05, 3.63) is 23.8 Å². The van der Waals surface area contributed by atoms with Crippen LogP contribution in [0.5, 0.6) is 11.5 Å². The van der Waals surface area contributed by atoms with Gasteiger partial charge in [-0.15, -0.1) is 0 Å². The highest BCUT2D eigenvalue weighted by atomic mass is 16.5. The first-order valence-corrected chi connectivity index (χ1v) is 6.98. The Hall–Kier alpha value is -1.22. The van der Waals surface area contributed by atoms with E-state index < -0.39 is 0 Å². The van der Waals surface area contributed by atoms with Crippen LogP contribution in [0, 0.1) is 0 Å². The predicted octanol–water partition coefficient (Wildman–Crippen LogP) is 2.97. The Balaban J connectivity index is 2.00. The molecule has 98 valence electrons. The number of benzene rings is 1. The van der Waals surface area contributed by atoms with Gasteiger partial charge in [0.2, 0.25) is 0 Å². The van der Waals surface area contributed by atoms with Crippen LogP contribution in [0.4, 0.5) is 0 Å². The van der Waals surface area contributed by atoms with Crippen molar-refractivity contribution in [3.63, 3.8) is 0 Å². The molecule has 0 bridgehead atoms. The molecule has 2 N–H and O–H groups in total. The average molecular weight is 247 g/mol. The maximum absolute atomic E-state index is 6.62. The van der Waals surface area contributed by atoms with Crippen LogP contribution in [0.15, 0.2) is 18.2 Å². The van der Waals surface area contributed by atoms with Crippen LogP contribution in [-0.4, -0.2) is 13.2 Å². The molecule has 0 saturated heterocycles. The van der Waals surface area contributed by atoms with Gasteiger partial charge in [-0.3, -0.25) is 0 Å². The largest absolute Gasteiger partial charge is 0.490 e. The Kier molecular flexibility index (Phi) is 3.16. The van der Waals surface area contributed by atoms with Crippen molar-refractivity contribution in [1.82, 2.24) is 0 Å². The molecule has 0 spiro atoms. The summed E-state index contributed by atoms with van der Waals surface area (Å²) in [4.78, 5) is 0. The Morgan fingerprint density at radius 1 is 0.944 bits per heavy atom.